The topological polar surface area (TPSA) is 33.5 Å². The van der Waals surface area contributed by atoms with Gasteiger partial charge in [0, 0.05) is 43.2 Å². The molecule has 0 N–H and O–H groups in total. The number of imidazole rings is 1. The van der Waals surface area contributed by atoms with E-state index in [0.717, 1.165) is 45.0 Å². The molecule has 5 nitrogen and oxygen atoms in total. The summed E-state index contributed by atoms with van der Waals surface area (Å²) in [5.41, 5.74) is 16.5. The molecule has 0 saturated carbocycles. The zero-order valence-corrected chi connectivity index (χ0v) is 33.3. The lowest BCUT2D eigenvalue weighted by Crippen LogP contribution is -2.25. The second-order valence-electron chi connectivity index (χ2n) is 15.3. The molecule has 0 amide bonds. The third-order valence-electron chi connectivity index (χ3n) is 11.1. The van der Waals surface area contributed by atoms with Crippen LogP contribution in [0.25, 0.3) is 48.3 Å². The summed E-state index contributed by atoms with van der Waals surface area (Å²) in [5, 5.41) is 2.38. The van der Waals surface area contributed by atoms with Crippen LogP contribution in [-0.2, 0) is 0 Å². The Bertz CT molecular complexity index is 2980. The Kier molecular flexibility index (Phi) is 8.01. The molecular weight excluding hydrogens is 705 g/mol. The van der Waals surface area contributed by atoms with Gasteiger partial charge in [-0.2, -0.15) is 0 Å². The highest BCUT2D eigenvalue weighted by molar-refractivity contribution is 7.26. The molecule has 0 bridgehead atoms. The molecule has 0 radical (unpaired) electrons. The van der Waals surface area contributed by atoms with Crippen molar-refractivity contribution in [3.63, 3.8) is 0 Å². The SMILES string of the molecule is Cc1cc(C)c(N2CN(c3cccc(Oc4cc(-c5nc6ccccc6n5-c5c(C)cc(C)cc5C)c5sc6ccccc6c5c4)c3)c3ccccc32)c(C)c1. The van der Waals surface area contributed by atoms with Crippen LogP contribution in [0.4, 0.5) is 22.7 Å². The maximum Gasteiger partial charge on any atom is 0.147 e. The van der Waals surface area contributed by atoms with Crippen molar-refractivity contribution in [2.75, 3.05) is 16.5 Å². The molecule has 0 atom stereocenters. The van der Waals surface area contributed by atoms with Crippen molar-refractivity contribution >= 4 is 65.3 Å². The van der Waals surface area contributed by atoms with Gasteiger partial charge in [0.05, 0.1) is 28.1 Å². The van der Waals surface area contributed by atoms with Crippen molar-refractivity contribution in [3.8, 4) is 28.6 Å². The van der Waals surface area contributed by atoms with E-state index in [1.165, 1.54) is 70.9 Å². The third-order valence-corrected chi connectivity index (χ3v) is 12.3. The summed E-state index contributed by atoms with van der Waals surface area (Å²) in [6.07, 6.45) is 0. The number of fused-ring (bicyclic) bond motifs is 5. The number of ether oxygens (including phenoxy) is 1. The summed E-state index contributed by atoms with van der Waals surface area (Å²) < 4.78 is 11.7. The van der Waals surface area contributed by atoms with Gasteiger partial charge in [-0.3, -0.25) is 4.57 Å². The summed E-state index contributed by atoms with van der Waals surface area (Å²) in [6.45, 7) is 13.9. The largest absolute Gasteiger partial charge is 0.457 e. The number of aromatic nitrogens is 2. The zero-order chi connectivity index (χ0) is 38.2. The van der Waals surface area contributed by atoms with Gasteiger partial charge in [-0.25, -0.2) is 4.98 Å². The van der Waals surface area contributed by atoms with Crippen LogP contribution >= 0.6 is 11.3 Å². The number of thiophene rings is 1. The van der Waals surface area contributed by atoms with Crippen LogP contribution < -0.4 is 14.5 Å². The number of benzene rings is 7. The van der Waals surface area contributed by atoms with Gasteiger partial charge in [0.15, 0.2) is 0 Å². The van der Waals surface area contributed by atoms with Crippen LogP contribution in [0, 0.1) is 41.5 Å². The van der Waals surface area contributed by atoms with Gasteiger partial charge >= 0.3 is 0 Å². The fourth-order valence-electron chi connectivity index (χ4n) is 9.06. The highest BCUT2D eigenvalue weighted by Crippen LogP contribution is 2.48. The van der Waals surface area contributed by atoms with E-state index >= 15 is 0 Å². The molecule has 0 fully saturated rings. The summed E-state index contributed by atoms with van der Waals surface area (Å²) in [4.78, 5) is 10.2. The third kappa shape index (κ3) is 5.55. The average Bonchev–Trinajstić information content (AvgIpc) is 3.86. The van der Waals surface area contributed by atoms with E-state index in [1.807, 2.05) is 11.3 Å². The van der Waals surface area contributed by atoms with Crippen molar-refractivity contribution in [2.24, 2.45) is 0 Å². The average molecular weight is 747 g/mol. The first-order valence-corrected chi connectivity index (χ1v) is 20.0. The van der Waals surface area contributed by atoms with Crippen molar-refractivity contribution in [1.82, 2.24) is 9.55 Å². The van der Waals surface area contributed by atoms with Crippen molar-refractivity contribution in [2.45, 2.75) is 41.5 Å². The highest BCUT2D eigenvalue weighted by atomic mass is 32.1. The quantitative estimate of drug-likeness (QED) is 0.170. The molecule has 0 aliphatic carbocycles. The molecule has 1 aliphatic rings. The predicted octanol–water partition coefficient (Wildman–Crippen LogP) is 14.0. The fraction of sp³-hybridized carbons (Fsp3) is 0.140. The lowest BCUT2D eigenvalue weighted by molar-refractivity contribution is 0.483. The molecule has 0 spiro atoms. The second kappa shape index (κ2) is 13.1. The molecule has 3 heterocycles. The number of nitrogens with zero attached hydrogens (tertiary/aromatic N) is 4. The van der Waals surface area contributed by atoms with E-state index < -0.39 is 0 Å². The van der Waals surface area contributed by atoms with Crippen molar-refractivity contribution < 1.29 is 4.74 Å². The first-order valence-electron chi connectivity index (χ1n) is 19.2. The first-order chi connectivity index (χ1) is 27.2. The van der Waals surface area contributed by atoms with Crippen LogP contribution in [0.15, 0.2) is 133 Å². The van der Waals surface area contributed by atoms with E-state index in [-0.39, 0.29) is 0 Å². The zero-order valence-electron chi connectivity index (χ0n) is 32.5. The smallest absolute Gasteiger partial charge is 0.147 e. The van der Waals surface area contributed by atoms with Crippen LogP contribution in [0.3, 0.4) is 0 Å². The Hall–Kier alpha value is -6.37. The van der Waals surface area contributed by atoms with E-state index in [2.05, 4.69) is 189 Å². The predicted molar refractivity (Wildman–Crippen MR) is 236 cm³/mol. The van der Waals surface area contributed by atoms with E-state index in [9.17, 15) is 0 Å². The van der Waals surface area contributed by atoms with Gasteiger partial charge in [-0.05, 0) is 118 Å². The standard InChI is InChI=1S/C50H42N4OS/c1-30-22-32(3)47(33(4)23-30)53-29-52(44-19-10-11-20-45(44)53)36-14-13-15-37(26-36)55-38-27-40-39-16-7-12-21-46(39)56-49(40)41(28-38)50-51-42-17-8-9-18-43(42)54(50)48-34(5)24-31(2)25-35(48)6/h7-28H,29H2,1-6H3. The summed E-state index contributed by atoms with van der Waals surface area (Å²) in [7, 11) is 0. The molecule has 0 unspecified atom stereocenters. The lowest BCUT2D eigenvalue weighted by Gasteiger charge is -2.25. The number of aryl methyl sites for hydroxylation is 6. The summed E-state index contributed by atoms with van der Waals surface area (Å²) in [5.74, 6) is 2.47. The molecule has 10 rings (SSSR count). The van der Waals surface area contributed by atoms with Gasteiger partial charge in [0.1, 0.15) is 24.0 Å². The van der Waals surface area contributed by atoms with Crippen LogP contribution in [-0.4, -0.2) is 16.2 Å². The molecule has 9 aromatic rings. The number of rotatable bonds is 6. The minimum atomic E-state index is 0.707. The van der Waals surface area contributed by atoms with Crippen molar-refractivity contribution in [1.29, 1.82) is 0 Å². The molecular formula is C50H42N4OS. The van der Waals surface area contributed by atoms with E-state index in [4.69, 9.17) is 9.72 Å². The monoisotopic (exact) mass is 746 g/mol. The lowest BCUT2D eigenvalue weighted by atomic mass is 10.0. The molecule has 7 aromatic carbocycles. The number of hydrogen-bond acceptors (Lipinski definition) is 5. The first kappa shape index (κ1) is 34.1. The number of para-hydroxylation sites is 4. The molecule has 274 valence electrons. The maximum absolute atomic E-state index is 6.93. The van der Waals surface area contributed by atoms with Gasteiger partial charge in [0.2, 0.25) is 0 Å². The summed E-state index contributed by atoms with van der Waals surface area (Å²) >= 11 is 1.82. The normalized spacial score (nSPS) is 12.7. The minimum absolute atomic E-state index is 0.707. The second-order valence-corrected chi connectivity index (χ2v) is 16.3. The van der Waals surface area contributed by atoms with Gasteiger partial charge in [-0.1, -0.05) is 83.9 Å². The minimum Gasteiger partial charge on any atom is -0.457 e. The maximum atomic E-state index is 6.93. The molecule has 2 aromatic heterocycles. The Morgan fingerprint density at radius 3 is 1.95 bits per heavy atom. The Labute approximate surface area is 331 Å². The van der Waals surface area contributed by atoms with E-state index in [1.54, 1.807) is 0 Å². The van der Waals surface area contributed by atoms with Gasteiger partial charge in [0.25, 0.3) is 0 Å². The van der Waals surface area contributed by atoms with Crippen LogP contribution in [0.5, 0.6) is 11.5 Å². The van der Waals surface area contributed by atoms with Gasteiger partial charge in [-0.15, -0.1) is 11.3 Å². The Morgan fingerprint density at radius 1 is 0.554 bits per heavy atom. The Morgan fingerprint density at radius 2 is 1.20 bits per heavy atom. The molecule has 56 heavy (non-hydrogen) atoms. The van der Waals surface area contributed by atoms with Gasteiger partial charge < -0.3 is 14.5 Å². The van der Waals surface area contributed by atoms with Crippen molar-refractivity contribution in [3.05, 3.63) is 167 Å². The Balaban J connectivity index is 1.10. The fourth-order valence-corrected chi connectivity index (χ4v) is 10.3. The molecule has 6 heteroatoms. The number of hydrogen-bond donors (Lipinski definition) is 0. The molecule has 0 saturated heterocycles. The summed E-state index contributed by atoms with van der Waals surface area (Å²) in [6, 6.07) is 47.8. The number of anilines is 4. The van der Waals surface area contributed by atoms with E-state index in [0.29, 0.717) is 6.67 Å². The van der Waals surface area contributed by atoms with Crippen LogP contribution in [0.2, 0.25) is 0 Å². The highest BCUT2D eigenvalue weighted by Gasteiger charge is 2.30. The molecule has 1 aliphatic heterocycles. The van der Waals surface area contributed by atoms with Crippen LogP contribution in [0.1, 0.15) is 33.4 Å².